The van der Waals surface area contributed by atoms with E-state index in [1.807, 2.05) is 24.8 Å². The smallest absolute Gasteiger partial charge is 0.224 e. The molecule has 6 heteroatoms. The Balaban J connectivity index is 1.54. The van der Waals surface area contributed by atoms with Crippen molar-refractivity contribution in [1.82, 2.24) is 4.90 Å². The van der Waals surface area contributed by atoms with Gasteiger partial charge in [0.15, 0.2) is 0 Å². The van der Waals surface area contributed by atoms with Crippen LogP contribution in [-0.2, 0) is 17.8 Å². The van der Waals surface area contributed by atoms with E-state index in [9.17, 15) is 9.18 Å². The predicted octanol–water partition coefficient (Wildman–Crippen LogP) is 5.02. The molecule has 0 aliphatic carbocycles. The molecule has 1 fully saturated rings. The van der Waals surface area contributed by atoms with Crippen LogP contribution in [0.2, 0.25) is 0 Å². The van der Waals surface area contributed by atoms with Crippen molar-refractivity contribution in [2.75, 3.05) is 29.9 Å². The van der Waals surface area contributed by atoms with Gasteiger partial charge in [-0.1, -0.05) is 34.1 Å². The van der Waals surface area contributed by atoms with Gasteiger partial charge in [0.25, 0.3) is 0 Å². The summed E-state index contributed by atoms with van der Waals surface area (Å²) >= 11 is 5.25. The number of anilines is 1. The summed E-state index contributed by atoms with van der Waals surface area (Å²) in [6, 6.07) is 11.1. The van der Waals surface area contributed by atoms with Crippen molar-refractivity contribution in [2.45, 2.75) is 26.3 Å². The summed E-state index contributed by atoms with van der Waals surface area (Å²) in [6.07, 6.45) is 0.639. The van der Waals surface area contributed by atoms with Crippen LogP contribution in [-0.4, -0.2) is 35.4 Å². The number of benzene rings is 2. The number of nitrogens with zero attached hydrogens (tertiary/aromatic N) is 1. The van der Waals surface area contributed by atoms with E-state index in [1.165, 1.54) is 23.1 Å². The highest BCUT2D eigenvalue weighted by Crippen LogP contribution is 2.20. The number of halogens is 2. The van der Waals surface area contributed by atoms with Crippen molar-refractivity contribution in [3.63, 3.8) is 0 Å². The van der Waals surface area contributed by atoms with Crippen LogP contribution in [0.4, 0.5) is 10.1 Å². The summed E-state index contributed by atoms with van der Waals surface area (Å²) in [5.74, 6) is 2.02. The number of nitrogens with one attached hydrogen (secondary N) is 1. The first-order valence-corrected chi connectivity index (χ1v) is 11.1. The van der Waals surface area contributed by atoms with Gasteiger partial charge in [0, 0.05) is 47.7 Å². The summed E-state index contributed by atoms with van der Waals surface area (Å²) in [5.41, 5.74) is 3.71. The first-order chi connectivity index (χ1) is 13.0. The van der Waals surface area contributed by atoms with Crippen LogP contribution in [0.1, 0.15) is 23.1 Å². The van der Waals surface area contributed by atoms with E-state index in [0.717, 1.165) is 30.9 Å². The SMILES string of the molecule is Cc1cc(CN2CCSCC2)ccc1NC(=O)CCc1ccc(Br)cc1F. The number of carbonyl (C=O) groups is 1. The molecule has 1 saturated heterocycles. The Morgan fingerprint density at radius 3 is 2.70 bits per heavy atom. The largest absolute Gasteiger partial charge is 0.326 e. The van der Waals surface area contributed by atoms with Crippen LogP contribution < -0.4 is 5.32 Å². The van der Waals surface area contributed by atoms with E-state index in [-0.39, 0.29) is 18.1 Å². The topological polar surface area (TPSA) is 32.3 Å². The zero-order chi connectivity index (χ0) is 19.2. The summed E-state index contributed by atoms with van der Waals surface area (Å²) in [7, 11) is 0. The van der Waals surface area contributed by atoms with Crippen LogP contribution in [0.15, 0.2) is 40.9 Å². The molecule has 1 aliphatic heterocycles. The first-order valence-electron chi connectivity index (χ1n) is 9.14. The van der Waals surface area contributed by atoms with E-state index in [0.29, 0.717) is 16.5 Å². The second kappa shape index (κ2) is 9.71. The van der Waals surface area contributed by atoms with E-state index >= 15 is 0 Å². The zero-order valence-corrected chi connectivity index (χ0v) is 17.8. The number of thioether (sulfide) groups is 1. The molecule has 1 N–H and O–H groups in total. The molecule has 3 rings (SSSR count). The molecule has 0 atom stereocenters. The third-order valence-electron chi connectivity index (χ3n) is 4.71. The molecule has 3 nitrogen and oxygen atoms in total. The molecular formula is C21H24BrFN2OS. The Morgan fingerprint density at radius 1 is 1.22 bits per heavy atom. The third-order valence-corrected chi connectivity index (χ3v) is 6.15. The van der Waals surface area contributed by atoms with Crippen LogP contribution in [0.25, 0.3) is 0 Å². The highest BCUT2D eigenvalue weighted by atomic mass is 79.9. The molecule has 1 heterocycles. The minimum Gasteiger partial charge on any atom is -0.326 e. The highest BCUT2D eigenvalue weighted by Gasteiger charge is 2.12. The molecule has 0 radical (unpaired) electrons. The maximum absolute atomic E-state index is 13.9. The van der Waals surface area contributed by atoms with E-state index in [4.69, 9.17) is 0 Å². The van der Waals surface area contributed by atoms with Crippen molar-refractivity contribution in [1.29, 1.82) is 0 Å². The maximum Gasteiger partial charge on any atom is 0.224 e. The van der Waals surface area contributed by atoms with Crippen molar-refractivity contribution < 1.29 is 9.18 Å². The third kappa shape index (κ3) is 6.06. The van der Waals surface area contributed by atoms with E-state index in [1.54, 1.807) is 12.1 Å². The zero-order valence-electron chi connectivity index (χ0n) is 15.4. The summed E-state index contributed by atoms with van der Waals surface area (Å²) in [4.78, 5) is 14.7. The lowest BCUT2D eigenvalue weighted by atomic mass is 10.1. The highest BCUT2D eigenvalue weighted by molar-refractivity contribution is 9.10. The fraction of sp³-hybridized carbons (Fsp3) is 0.381. The number of aryl methyl sites for hydroxylation is 2. The number of carbonyl (C=O) groups excluding carboxylic acids is 1. The minimum atomic E-state index is -0.283. The second-order valence-electron chi connectivity index (χ2n) is 6.82. The lowest BCUT2D eigenvalue weighted by molar-refractivity contribution is -0.116. The number of amides is 1. The molecule has 1 amide bonds. The fourth-order valence-electron chi connectivity index (χ4n) is 3.17. The molecular weight excluding hydrogens is 427 g/mol. The Morgan fingerprint density at radius 2 is 2.00 bits per heavy atom. The lowest BCUT2D eigenvalue weighted by Crippen LogP contribution is -2.31. The van der Waals surface area contributed by atoms with Crippen LogP contribution >= 0.6 is 27.7 Å². The summed E-state index contributed by atoms with van der Waals surface area (Å²) < 4.78 is 14.6. The normalized spacial score (nSPS) is 14.9. The van der Waals surface area contributed by atoms with E-state index in [2.05, 4.69) is 38.3 Å². The predicted molar refractivity (Wildman–Crippen MR) is 115 cm³/mol. The molecule has 2 aromatic rings. The van der Waals surface area contributed by atoms with Crippen LogP contribution in [0.5, 0.6) is 0 Å². The fourth-order valence-corrected chi connectivity index (χ4v) is 4.48. The van der Waals surface area contributed by atoms with Gasteiger partial charge in [-0.15, -0.1) is 0 Å². The number of hydrogen-bond acceptors (Lipinski definition) is 3. The van der Waals surface area contributed by atoms with Gasteiger partial charge in [-0.25, -0.2) is 4.39 Å². The molecule has 0 aromatic heterocycles. The molecule has 0 bridgehead atoms. The molecule has 0 unspecified atom stereocenters. The molecule has 0 spiro atoms. The van der Waals surface area contributed by atoms with Gasteiger partial charge in [-0.2, -0.15) is 11.8 Å². The van der Waals surface area contributed by atoms with Crippen molar-refractivity contribution >= 4 is 39.3 Å². The molecule has 0 saturated carbocycles. The van der Waals surface area contributed by atoms with Crippen molar-refractivity contribution in [3.8, 4) is 0 Å². The Labute approximate surface area is 172 Å². The summed E-state index contributed by atoms with van der Waals surface area (Å²) in [5, 5.41) is 2.95. The van der Waals surface area contributed by atoms with Crippen LogP contribution in [0.3, 0.4) is 0 Å². The van der Waals surface area contributed by atoms with Gasteiger partial charge in [0.1, 0.15) is 5.82 Å². The first kappa shape index (κ1) is 20.4. The molecule has 27 heavy (non-hydrogen) atoms. The van der Waals surface area contributed by atoms with Crippen molar-refractivity contribution in [2.24, 2.45) is 0 Å². The monoisotopic (exact) mass is 450 g/mol. The van der Waals surface area contributed by atoms with Crippen molar-refractivity contribution in [3.05, 3.63) is 63.4 Å². The second-order valence-corrected chi connectivity index (χ2v) is 8.96. The molecule has 2 aromatic carbocycles. The summed E-state index contributed by atoms with van der Waals surface area (Å²) in [6.45, 7) is 5.24. The standard InChI is InChI=1S/C21H24BrFN2OS/c1-15-12-16(14-25-8-10-27-11-9-25)2-6-20(15)24-21(26)7-4-17-3-5-18(22)13-19(17)23/h2-3,5-6,12-13H,4,7-11,14H2,1H3,(H,24,26). The Hall–Kier alpha value is -1.37. The van der Waals surface area contributed by atoms with E-state index < -0.39 is 0 Å². The lowest BCUT2D eigenvalue weighted by Gasteiger charge is -2.26. The Kier molecular flexibility index (Phi) is 7.33. The van der Waals surface area contributed by atoms with Gasteiger partial charge < -0.3 is 5.32 Å². The van der Waals surface area contributed by atoms with Gasteiger partial charge in [0.05, 0.1) is 0 Å². The van der Waals surface area contributed by atoms with Crippen LogP contribution in [0, 0.1) is 12.7 Å². The minimum absolute atomic E-state index is 0.0961. The van der Waals surface area contributed by atoms with Gasteiger partial charge in [-0.05, 0) is 48.2 Å². The average Bonchev–Trinajstić information content (AvgIpc) is 2.64. The quantitative estimate of drug-likeness (QED) is 0.670. The molecule has 1 aliphatic rings. The van der Waals surface area contributed by atoms with Gasteiger partial charge in [-0.3, -0.25) is 9.69 Å². The average molecular weight is 451 g/mol. The number of hydrogen-bond donors (Lipinski definition) is 1. The number of rotatable bonds is 6. The van der Waals surface area contributed by atoms with Gasteiger partial charge >= 0.3 is 0 Å². The van der Waals surface area contributed by atoms with Gasteiger partial charge in [0.2, 0.25) is 5.91 Å². The Bertz CT molecular complexity index is 809. The molecule has 144 valence electrons. The maximum atomic E-state index is 13.9.